The summed E-state index contributed by atoms with van der Waals surface area (Å²) in [5, 5.41) is 6.89. The van der Waals surface area contributed by atoms with E-state index in [2.05, 4.69) is 10.6 Å². The Kier molecular flexibility index (Phi) is 4.57. The van der Waals surface area contributed by atoms with E-state index in [4.69, 9.17) is 16.3 Å². The second kappa shape index (κ2) is 7.17. The summed E-state index contributed by atoms with van der Waals surface area (Å²) in [6.07, 6.45) is 0. The normalized spacial score (nSPS) is 14.4. The molecular weight excluding hydrogens is 360 g/mol. The number of carbonyl (C=O) groups excluding carboxylic acids is 1. The molecule has 0 aliphatic carbocycles. The summed E-state index contributed by atoms with van der Waals surface area (Å²) in [6, 6.07) is 22.8. The van der Waals surface area contributed by atoms with E-state index in [1.54, 1.807) is 19.2 Å². The minimum atomic E-state index is -0.160. The zero-order chi connectivity index (χ0) is 18.8. The number of anilines is 2. The highest BCUT2D eigenvalue weighted by atomic mass is 35.5. The minimum Gasteiger partial charge on any atom is -0.497 e. The van der Waals surface area contributed by atoms with Crippen molar-refractivity contribution in [1.29, 1.82) is 0 Å². The zero-order valence-corrected chi connectivity index (χ0v) is 15.4. The number of hydrogen-bond acceptors (Lipinski definition) is 3. The predicted molar refractivity (Wildman–Crippen MR) is 110 cm³/mol. The number of rotatable bonds is 4. The van der Waals surface area contributed by atoms with Crippen LogP contribution >= 0.6 is 11.6 Å². The van der Waals surface area contributed by atoms with E-state index in [1.165, 1.54) is 0 Å². The van der Waals surface area contributed by atoms with E-state index < -0.39 is 0 Å². The largest absolute Gasteiger partial charge is 0.497 e. The molecule has 0 atom stereocenters. The topological polar surface area (TPSA) is 50.4 Å². The van der Waals surface area contributed by atoms with Crippen molar-refractivity contribution in [2.24, 2.45) is 0 Å². The van der Waals surface area contributed by atoms with Crippen LogP contribution in [-0.4, -0.2) is 13.0 Å². The molecule has 1 aliphatic heterocycles. The summed E-state index contributed by atoms with van der Waals surface area (Å²) < 4.78 is 5.22. The molecule has 1 aliphatic rings. The average molecular weight is 377 g/mol. The molecule has 0 bridgehead atoms. The van der Waals surface area contributed by atoms with Crippen molar-refractivity contribution >= 4 is 40.2 Å². The maximum atomic E-state index is 12.8. The molecule has 27 heavy (non-hydrogen) atoms. The van der Waals surface area contributed by atoms with Crippen LogP contribution in [-0.2, 0) is 4.79 Å². The first-order valence-corrected chi connectivity index (χ1v) is 8.85. The molecule has 3 aromatic carbocycles. The van der Waals surface area contributed by atoms with Crippen molar-refractivity contribution in [2.45, 2.75) is 0 Å². The molecule has 4 rings (SSSR count). The molecule has 134 valence electrons. The molecule has 0 fully saturated rings. The maximum absolute atomic E-state index is 12.8. The Morgan fingerprint density at radius 3 is 2.44 bits per heavy atom. The fraction of sp³-hybridized carbons (Fsp3) is 0.0455. The lowest BCUT2D eigenvalue weighted by molar-refractivity contribution is -0.110. The first kappa shape index (κ1) is 17.2. The SMILES string of the molecule is COc1ccc(NC(=C2C(=O)Nc3cc(Cl)ccc32)c2ccccc2)cc1. The number of ether oxygens (including phenoxy) is 1. The lowest BCUT2D eigenvalue weighted by Gasteiger charge is -2.15. The van der Waals surface area contributed by atoms with Crippen molar-refractivity contribution in [2.75, 3.05) is 17.7 Å². The van der Waals surface area contributed by atoms with Gasteiger partial charge >= 0.3 is 0 Å². The maximum Gasteiger partial charge on any atom is 0.258 e. The molecule has 5 heteroatoms. The summed E-state index contributed by atoms with van der Waals surface area (Å²) in [5.41, 5.74) is 4.64. The van der Waals surface area contributed by atoms with Gasteiger partial charge in [-0.15, -0.1) is 0 Å². The van der Waals surface area contributed by atoms with Crippen molar-refractivity contribution < 1.29 is 9.53 Å². The number of carbonyl (C=O) groups is 1. The molecule has 0 saturated carbocycles. The Morgan fingerprint density at radius 1 is 1.00 bits per heavy atom. The van der Waals surface area contributed by atoms with Crippen LogP contribution in [0.3, 0.4) is 0 Å². The molecule has 3 aromatic rings. The van der Waals surface area contributed by atoms with Crippen molar-refractivity contribution in [3.05, 3.63) is 88.9 Å². The predicted octanol–water partition coefficient (Wildman–Crippen LogP) is 5.28. The third-order valence-corrected chi connectivity index (χ3v) is 4.63. The molecule has 1 amide bonds. The van der Waals surface area contributed by atoms with Gasteiger partial charge in [-0.1, -0.05) is 48.0 Å². The van der Waals surface area contributed by atoms with E-state index in [0.29, 0.717) is 16.3 Å². The van der Waals surface area contributed by atoms with Crippen LogP contribution in [0.1, 0.15) is 11.1 Å². The van der Waals surface area contributed by atoms with Crippen LogP contribution < -0.4 is 15.4 Å². The smallest absolute Gasteiger partial charge is 0.258 e. The summed E-state index contributed by atoms with van der Waals surface area (Å²) in [5.74, 6) is 0.611. The number of fused-ring (bicyclic) bond motifs is 1. The third-order valence-electron chi connectivity index (χ3n) is 4.40. The molecule has 4 nitrogen and oxygen atoms in total. The quantitative estimate of drug-likeness (QED) is 0.609. The molecule has 1 heterocycles. The summed E-state index contributed by atoms with van der Waals surface area (Å²) in [6.45, 7) is 0. The highest BCUT2D eigenvalue weighted by Gasteiger charge is 2.28. The zero-order valence-electron chi connectivity index (χ0n) is 14.6. The second-order valence-corrected chi connectivity index (χ2v) is 6.55. The van der Waals surface area contributed by atoms with Gasteiger partial charge in [0, 0.05) is 16.3 Å². The van der Waals surface area contributed by atoms with Crippen LogP contribution in [0.25, 0.3) is 11.3 Å². The Bertz CT molecular complexity index is 1030. The van der Waals surface area contributed by atoms with Gasteiger partial charge in [0.1, 0.15) is 5.75 Å². The summed E-state index contributed by atoms with van der Waals surface area (Å²) in [4.78, 5) is 12.8. The Morgan fingerprint density at radius 2 is 1.74 bits per heavy atom. The Balaban J connectivity index is 1.86. The summed E-state index contributed by atoms with van der Waals surface area (Å²) >= 11 is 6.08. The van der Waals surface area contributed by atoms with Gasteiger partial charge in [0.15, 0.2) is 0 Å². The van der Waals surface area contributed by atoms with Crippen molar-refractivity contribution in [1.82, 2.24) is 0 Å². The van der Waals surface area contributed by atoms with Gasteiger partial charge in [-0.2, -0.15) is 0 Å². The molecule has 2 N–H and O–H groups in total. The number of amides is 1. The van der Waals surface area contributed by atoms with E-state index in [0.717, 1.165) is 28.3 Å². The second-order valence-electron chi connectivity index (χ2n) is 6.11. The van der Waals surface area contributed by atoms with Gasteiger partial charge < -0.3 is 15.4 Å². The van der Waals surface area contributed by atoms with Gasteiger partial charge in [0.2, 0.25) is 0 Å². The fourth-order valence-electron chi connectivity index (χ4n) is 3.10. The lowest BCUT2D eigenvalue weighted by atomic mass is 10.00. The van der Waals surface area contributed by atoms with Gasteiger partial charge in [0.25, 0.3) is 5.91 Å². The highest BCUT2D eigenvalue weighted by Crippen LogP contribution is 2.38. The first-order chi connectivity index (χ1) is 13.2. The number of benzene rings is 3. The van der Waals surface area contributed by atoms with Gasteiger partial charge in [0.05, 0.1) is 24.1 Å². The number of methoxy groups -OCH3 is 1. The number of nitrogens with one attached hydrogen (secondary N) is 2. The van der Waals surface area contributed by atoms with E-state index in [1.807, 2.05) is 60.7 Å². The molecule has 0 radical (unpaired) electrons. The highest BCUT2D eigenvalue weighted by molar-refractivity contribution is 6.38. The standard InChI is InChI=1S/C22H17ClN2O2/c1-27-17-10-8-16(9-11-17)24-21(14-5-3-2-4-6-14)20-18-12-7-15(23)13-19(18)25-22(20)26/h2-13,24H,1H3,(H,25,26). The van der Waals surface area contributed by atoms with Gasteiger partial charge in [-0.3, -0.25) is 4.79 Å². The number of halogens is 1. The molecule has 0 aromatic heterocycles. The van der Waals surface area contributed by atoms with Gasteiger partial charge in [-0.25, -0.2) is 0 Å². The third kappa shape index (κ3) is 3.39. The van der Waals surface area contributed by atoms with Crippen LogP contribution in [0, 0.1) is 0 Å². The molecule has 0 unspecified atom stereocenters. The molecular formula is C22H17ClN2O2. The number of hydrogen-bond donors (Lipinski definition) is 2. The fourth-order valence-corrected chi connectivity index (χ4v) is 3.27. The lowest BCUT2D eigenvalue weighted by Crippen LogP contribution is -2.10. The Labute approximate surface area is 162 Å². The van der Waals surface area contributed by atoms with Crippen LogP contribution in [0.2, 0.25) is 5.02 Å². The van der Waals surface area contributed by atoms with E-state index in [9.17, 15) is 4.79 Å². The van der Waals surface area contributed by atoms with Crippen LogP contribution in [0.15, 0.2) is 72.8 Å². The molecule has 0 saturated heterocycles. The van der Waals surface area contributed by atoms with Crippen LogP contribution in [0.5, 0.6) is 5.75 Å². The first-order valence-electron chi connectivity index (χ1n) is 8.48. The summed E-state index contributed by atoms with van der Waals surface area (Å²) in [7, 11) is 1.63. The van der Waals surface area contributed by atoms with Gasteiger partial charge in [-0.05, 0) is 42.0 Å². The van der Waals surface area contributed by atoms with Crippen molar-refractivity contribution in [3.8, 4) is 5.75 Å². The van der Waals surface area contributed by atoms with Crippen molar-refractivity contribution in [3.63, 3.8) is 0 Å². The van der Waals surface area contributed by atoms with Crippen LogP contribution in [0.4, 0.5) is 11.4 Å². The molecule has 0 spiro atoms. The Hall–Kier alpha value is -3.24. The minimum absolute atomic E-state index is 0.160. The monoisotopic (exact) mass is 376 g/mol. The van der Waals surface area contributed by atoms with E-state index >= 15 is 0 Å². The van der Waals surface area contributed by atoms with E-state index in [-0.39, 0.29) is 5.91 Å². The average Bonchev–Trinajstić information content (AvgIpc) is 3.02.